The summed E-state index contributed by atoms with van der Waals surface area (Å²) < 4.78 is 27.3. The Labute approximate surface area is 477 Å². The van der Waals surface area contributed by atoms with Crippen LogP contribution in [0, 0.1) is 0 Å². The van der Waals surface area contributed by atoms with Crippen LogP contribution in [0.4, 0.5) is 0 Å². The van der Waals surface area contributed by atoms with Gasteiger partial charge in [-0.05, 0) is 97.1 Å². The van der Waals surface area contributed by atoms with Crippen molar-refractivity contribution >= 4 is 131 Å². The topological polar surface area (TPSA) is 80.0 Å². The van der Waals surface area contributed by atoms with Crippen molar-refractivity contribution in [3.63, 3.8) is 0 Å². The number of furan rings is 3. The zero-order valence-electron chi connectivity index (χ0n) is 44.8. The molecule has 0 aliphatic rings. The predicted molar refractivity (Wildman–Crippen MR) is 343 cm³/mol. The van der Waals surface area contributed by atoms with E-state index in [4.69, 9.17) is 23.2 Å². The van der Waals surface area contributed by atoms with Crippen LogP contribution in [0.1, 0.15) is 0 Å². The van der Waals surface area contributed by atoms with Gasteiger partial charge in [0.15, 0.2) is 22.6 Å². The normalized spacial score (nSPS) is 12.3. The molecule has 0 aliphatic heterocycles. The molecule has 0 saturated carbocycles. The first kappa shape index (κ1) is 45.3. The number of rotatable bonds is 6. The van der Waals surface area contributed by atoms with Crippen LogP contribution in [-0.4, -0.2) is 23.7 Å². The van der Waals surface area contributed by atoms with E-state index in [-0.39, 0.29) is 0 Å². The molecule has 7 heterocycles. The molecule has 0 radical (unpaired) electrons. The molecule has 0 atom stereocenters. The molecular formula is C76H43N5O3. The van der Waals surface area contributed by atoms with Gasteiger partial charge in [0.1, 0.15) is 16.7 Å². The van der Waals surface area contributed by atoms with Crippen molar-refractivity contribution in [3.8, 4) is 51.0 Å². The maximum Gasteiger partial charge on any atom is 0.160 e. The lowest BCUT2D eigenvalue weighted by Gasteiger charge is -2.14. The number of para-hydroxylation sites is 6. The highest BCUT2D eigenvalue weighted by atomic mass is 16.3. The van der Waals surface area contributed by atoms with Gasteiger partial charge in [0.2, 0.25) is 0 Å². The molecule has 84 heavy (non-hydrogen) atoms. The fourth-order valence-corrected chi connectivity index (χ4v) is 13.7. The number of nitrogens with zero attached hydrogens (tertiary/aromatic N) is 5. The summed E-state index contributed by atoms with van der Waals surface area (Å²) in [6.45, 7) is 0. The third-order valence-corrected chi connectivity index (χ3v) is 17.4. The van der Waals surface area contributed by atoms with Gasteiger partial charge in [0.25, 0.3) is 0 Å². The maximum atomic E-state index is 6.77. The standard InChI is InChI=1S/C76H43N5O3/c1-7-25-64-50(19-1)56-35-38-59-53-22-4-10-28-67(53)82-73(59)70(56)79(64)47-33-31-44(32-34-47)62-43-63(45-15-13-17-48(41-45)80-65-26-8-2-20-51(65)57-36-39-60-54-23-5-11-29-68(54)83-74(60)71(57)80)78-76(77-62)46-16-14-18-49(42-46)81-66-27-9-3-21-52(66)58-37-40-61-55-24-6-12-30-69(55)84-75(61)72(58)81/h1-43H. The second-order valence-corrected chi connectivity index (χ2v) is 22.0. The Kier molecular flexibility index (Phi) is 9.18. The number of hydrogen-bond donors (Lipinski definition) is 0. The largest absolute Gasteiger partial charge is 0.454 e. The lowest BCUT2D eigenvalue weighted by atomic mass is 10.0. The smallest absolute Gasteiger partial charge is 0.160 e. The van der Waals surface area contributed by atoms with E-state index in [0.717, 1.165) is 171 Å². The van der Waals surface area contributed by atoms with E-state index in [9.17, 15) is 0 Å². The summed E-state index contributed by atoms with van der Waals surface area (Å²) in [6.07, 6.45) is 0. The summed E-state index contributed by atoms with van der Waals surface area (Å²) in [7, 11) is 0. The monoisotopic (exact) mass is 1070 g/mol. The first-order valence-corrected chi connectivity index (χ1v) is 28.4. The average molecular weight is 1070 g/mol. The lowest BCUT2D eigenvalue weighted by molar-refractivity contribution is 0.670. The van der Waals surface area contributed by atoms with E-state index < -0.39 is 0 Å². The van der Waals surface area contributed by atoms with E-state index in [1.165, 1.54) is 5.39 Å². The third kappa shape index (κ3) is 6.36. The molecule has 0 aliphatic carbocycles. The molecule has 8 nitrogen and oxygen atoms in total. The van der Waals surface area contributed by atoms with E-state index in [1.54, 1.807) is 0 Å². The van der Waals surface area contributed by atoms with Gasteiger partial charge >= 0.3 is 0 Å². The summed E-state index contributed by atoms with van der Waals surface area (Å²) in [5, 5.41) is 13.4. The summed E-state index contributed by atoms with van der Waals surface area (Å²) in [4.78, 5) is 11.1. The van der Waals surface area contributed by atoms with Gasteiger partial charge < -0.3 is 27.0 Å². The quantitative estimate of drug-likeness (QED) is 0.166. The number of aromatic nitrogens is 5. The number of benzene rings is 12. The molecule has 7 aromatic heterocycles. The zero-order chi connectivity index (χ0) is 54.7. The predicted octanol–water partition coefficient (Wildman–Crippen LogP) is 20.5. The Balaban J connectivity index is 0.816. The first-order valence-electron chi connectivity index (χ1n) is 28.4. The highest BCUT2D eigenvalue weighted by molar-refractivity contribution is 6.24. The second-order valence-electron chi connectivity index (χ2n) is 22.0. The van der Waals surface area contributed by atoms with Crippen molar-refractivity contribution in [2.45, 2.75) is 0 Å². The zero-order valence-corrected chi connectivity index (χ0v) is 44.8. The van der Waals surface area contributed by atoms with Crippen LogP contribution in [0.5, 0.6) is 0 Å². The molecule has 8 heteroatoms. The molecule has 12 aromatic carbocycles. The minimum Gasteiger partial charge on any atom is -0.454 e. The summed E-state index contributed by atoms with van der Waals surface area (Å²) >= 11 is 0. The van der Waals surface area contributed by atoms with E-state index in [1.807, 2.05) is 30.3 Å². The maximum absolute atomic E-state index is 6.77. The summed E-state index contributed by atoms with van der Waals surface area (Å²) in [5.74, 6) is 0.601. The van der Waals surface area contributed by atoms with Crippen molar-refractivity contribution in [3.05, 3.63) is 261 Å². The van der Waals surface area contributed by atoms with Crippen LogP contribution >= 0.6 is 0 Å². The molecule has 0 bridgehead atoms. The van der Waals surface area contributed by atoms with E-state index >= 15 is 0 Å². The van der Waals surface area contributed by atoms with E-state index in [2.05, 4.69) is 244 Å². The lowest BCUT2D eigenvalue weighted by Crippen LogP contribution is -1.99. The van der Waals surface area contributed by atoms with Crippen molar-refractivity contribution < 1.29 is 13.3 Å². The molecule has 0 N–H and O–H groups in total. The number of hydrogen-bond acceptors (Lipinski definition) is 5. The van der Waals surface area contributed by atoms with Crippen molar-refractivity contribution in [2.24, 2.45) is 0 Å². The fraction of sp³-hybridized carbons (Fsp3) is 0. The SMILES string of the molecule is c1cc(-c2cc(-c3ccc(-n4c5ccccc5c5ccc6c7ccccc7oc6c54)cc3)nc(-c3cccc(-n4c5ccccc5c5ccc6c7ccccc7oc6c54)c3)n2)cc(-n2c3ccccc3c3ccc4c5ccccc5oc4c32)c1. The van der Waals surface area contributed by atoms with Crippen LogP contribution < -0.4 is 0 Å². The van der Waals surface area contributed by atoms with Gasteiger partial charge in [-0.2, -0.15) is 0 Å². The van der Waals surface area contributed by atoms with Crippen LogP contribution in [0.25, 0.3) is 182 Å². The van der Waals surface area contributed by atoms with Gasteiger partial charge in [0, 0.05) is 98.4 Å². The minimum absolute atomic E-state index is 0.601. The molecule has 19 rings (SSSR count). The molecule has 19 aromatic rings. The first-order chi connectivity index (χ1) is 41.6. The van der Waals surface area contributed by atoms with Crippen LogP contribution in [0.2, 0.25) is 0 Å². The van der Waals surface area contributed by atoms with Crippen LogP contribution in [0.3, 0.4) is 0 Å². The van der Waals surface area contributed by atoms with Crippen molar-refractivity contribution in [1.29, 1.82) is 0 Å². The van der Waals surface area contributed by atoms with Crippen molar-refractivity contribution in [2.75, 3.05) is 0 Å². The second kappa shape index (κ2) is 17.0. The Morgan fingerprint density at radius 1 is 0.238 bits per heavy atom. The Morgan fingerprint density at radius 2 is 0.595 bits per heavy atom. The Morgan fingerprint density at radius 3 is 1.05 bits per heavy atom. The Bertz CT molecular complexity index is 5750. The van der Waals surface area contributed by atoms with Crippen LogP contribution in [-0.2, 0) is 0 Å². The molecule has 0 amide bonds. The molecule has 0 spiro atoms. The third-order valence-electron chi connectivity index (χ3n) is 17.4. The molecular weight excluding hydrogens is 1030 g/mol. The number of fused-ring (bicyclic) bond motifs is 21. The molecule has 0 unspecified atom stereocenters. The molecule has 390 valence electrons. The van der Waals surface area contributed by atoms with Gasteiger partial charge in [-0.15, -0.1) is 0 Å². The van der Waals surface area contributed by atoms with Crippen molar-refractivity contribution in [1.82, 2.24) is 23.7 Å². The Hall–Kier alpha value is -11.5. The average Bonchev–Trinajstić information content (AvgIpc) is 2.74. The van der Waals surface area contributed by atoms with Gasteiger partial charge in [-0.3, -0.25) is 0 Å². The minimum atomic E-state index is 0.601. The van der Waals surface area contributed by atoms with E-state index in [0.29, 0.717) is 5.82 Å². The molecule has 0 saturated heterocycles. The summed E-state index contributed by atoms with van der Waals surface area (Å²) in [5.41, 5.74) is 18.9. The van der Waals surface area contributed by atoms with Gasteiger partial charge in [-0.25, -0.2) is 9.97 Å². The summed E-state index contributed by atoms with van der Waals surface area (Å²) in [6, 6.07) is 92.3. The molecule has 0 fully saturated rings. The van der Waals surface area contributed by atoms with Gasteiger partial charge in [-0.1, -0.05) is 164 Å². The highest BCUT2D eigenvalue weighted by Crippen LogP contribution is 2.45. The van der Waals surface area contributed by atoms with Crippen LogP contribution in [0.15, 0.2) is 274 Å². The highest BCUT2D eigenvalue weighted by Gasteiger charge is 2.24. The van der Waals surface area contributed by atoms with Gasteiger partial charge in [0.05, 0.1) is 44.5 Å². The fourth-order valence-electron chi connectivity index (χ4n) is 13.7.